The highest BCUT2D eigenvalue weighted by atomic mass is 31.2. The molecule has 0 aliphatic heterocycles. The summed E-state index contributed by atoms with van der Waals surface area (Å²) >= 11 is 0. The van der Waals surface area contributed by atoms with Gasteiger partial charge in [-0.15, -0.1) is 0 Å². The van der Waals surface area contributed by atoms with E-state index in [1.807, 2.05) is 0 Å². The molecule has 1 N–H and O–H groups in total. The maximum atomic E-state index is 12.7. The van der Waals surface area contributed by atoms with Crippen molar-refractivity contribution in [3.8, 4) is 0 Å². The van der Waals surface area contributed by atoms with Gasteiger partial charge in [0.2, 0.25) is 12.3 Å². The van der Waals surface area contributed by atoms with E-state index in [0.717, 1.165) is 18.2 Å². The second kappa shape index (κ2) is 7.92. The molecule has 10 heteroatoms. The summed E-state index contributed by atoms with van der Waals surface area (Å²) in [4.78, 5) is 33.1. The summed E-state index contributed by atoms with van der Waals surface area (Å²) in [5, 5.41) is 0. The van der Waals surface area contributed by atoms with Gasteiger partial charge >= 0.3 is 13.8 Å². The fraction of sp³-hybridized carbons (Fsp3) is 0.429. The number of amides is 2. The van der Waals surface area contributed by atoms with E-state index >= 15 is 0 Å². The van der Waals surface area contributed by atoms with Gasteiger partial charge in [0.25, 0.3) is 0 Å². The summed E-state index contributed by atoms with van der Waals surface area (Å²) in [6.07, 6.45) is -5.86. The number of anilines is 1. The van der Waals surface area contributed by atoms with Gasteiger partial charge in [-0.2, -0.15) is 13.2 Å². The molecule has 0 bridgehead atoms. The van der Waals surface area contributed by atoms with Crippen LogP contribution in [0.25, 0.3) is 0 Å². The van der Waals surface area contributed by atoms with Crippen molar-refractivity contribution in [2.24, 2.45) is 0 Å². The number of carbonyl (C=O) groups excluding carboxylic acids is 2. The second-order valence-electron chi connectivity index (χ2n) is 5.04. The van der Waals surface area contributed by atoms with E-state index < -0.39 is 37.5 Å². The van der Waals surface area contributed by atoms with Crippen LogP contribution >= 0.6 is 7.60 Å². The van der Waals surface area contributed by atoms with Gasteiger partial charge in [0, 0.05) is 0 Å². The molecule has 6 nitrogen and oxygen atoms in total. The van der Waals surface area contributed by atoms with Crippen LogP contribution in [0, 0.1) is 0 Å². The monoisotopic (exact) mass is 367 g/mol. The third-order valence-corrected chi connectivity index (χ3v) is 4.44. The molecule has 2 atom stereocenters. The zero-order valence-corrected chi connectivity index (χ0v) is 13.9. The Morgan fingerprint density at radius 2 is 2.08 bits per heavy atom. The number of halogens is 3. The van der Waals surface area contributed by atoms with Crippen molar-refractivity contribution in [3.63, 3.8) is 0 Å². The minimum Gasteiger partial charge on any atom is -0.324 e. The summed E-state index contributed by atoms with van der Waals surface area (Å²) in [5.74, 6) is -1.14. The minimum absolute atomic E-state index is 0.0128. The predicted molar refractivity (Wildman–Crippen MR) is 80.5 cm³/mol. The number of carbonyl (C=O) groups is 2. The molecule has 0 saturated heterocycles. The fourth-order valence-corrected chi connectivity index (χ4v) is 3.02. The first kappa shape index (κ1) is 20.3. The quantitative estimate of drug-likeness (QED) is 0.591. The van der Waals surface area contributed by atoms with Gasteiger partial charge in [0.1, 0.15) is 6.16 Å². The second-order valence-corrected chi connectivity index (χ2v) is 6.84. The summed E-state index contributed by atoms with van der Waals surface area (Å²) in [6, 6.07) is 3.51. The Morgan fingerprint density at radius 1 is 1.46 bits per heavy atom. The van der Waals surface area contributed by atoms with Gasteiger partial charge in [-0.25, -0.2) is 0 Å². The number of alkyl halides is 3. The van der Waals surface area contributed by atoms with Gasteiger partial charge in [-0.3, -0.25) is 19.1 Å². The van der Waals surface area contributed by atoms with Crippen molar-refractivity contribution in [2.45, 2.75) is 32.5 Å². The average Bonchev–Trinajstić information content (AvgIpc) is 2.46. The predicted octanol–water partition coefficient (Wildman–Crippen LogP) is 3.20. The highest BCUT2D eigenvalue weighted by molar-refractivity contribution is 7.53. The third-order valence-electron chi connectivity index (χ3n) is 3.08. The zero-order valence-electron chi connectivity index (χ0n) is 13.0. The number of rotatable bonds is 7. The van der Waals surface area contributed by atoms with Crippen LogP contribution in [0.2, 0.25) is 0 Å². The van der Waals surface area contributed by atoms with E-state index in [4.69, 9.17) is 4.52 Å². The van der Waals surface area contributed by atoms with E-state index in [-0.39, 0.29) is 12.1 Å². The lowest BCUT2D eigenvalue weighted by Gasteiger charge is -2.20. The van der Waals surface area contributed by atoms with Crippen LogP contribution in [0.1, 0.15) is 25.8 Å². The van der Waals surface area contributed by atoms with E-state index in [9.17, 15) is 32.2 Å². The number of nitrogens with zero attached hydrogens (tertiary/aromatic N) is 1. The van der Waals surface area contributed by atoms with Crippen molar-refractivity contribution in [1.82, 2.24) is 0 Å². The molecule has 134 valence electrons. The topological polar surface area (TPSA) is 83.9 Å². The first-order chi connectivity index (χ1) is 11.0. The van der Waals surface area contributed by atoms with Crippen molar-refractivity contribution in [1.29, 1.82) is 0 Å². The lowest BCUT2D eigenvalue weighted by molar-refractivity contribution is -0.137. The van der Waals surface area contributed by atoms with Crippen molar-refractivity contribution in [3.05, 3.63) is 29.8 Å². The normalized spacial score (nSPS) is 15.4. The summed E-state index contributed by atoms with van der Waals surface area (Å²) in [6.45, 7) is 3.23. The Bertz CT molecular complexity index is 650. The zero-order chi connectivity index (χ0) is 18.5. The van der Waals surface area contributed by atoms with Crippen LogP contribution in [0.5, 0.6) is 0 Å². The SMILES string of the molecule is CCC(C)OP(=O)(O)CC(=O)N(C=O)c1cccc(C(F)(F)F)c1. The molecule has 1 aromatic rings. The van der Waals surface area contributed by atoms with Crippen LogP contribution < -0.4 is 4.90 Å². The number of benzene rings is 1. The number of imide groups is 1. The Morgan fingerprint density at radius 3 is 2.58 bits per heavy atom. The standard InChI is InChI=1S/C14H17F3NO5P/c1-3-10(2)23-24(21,22)8-13(20)18(9-19)12-6-4-5-11(7-12)14(15,16)17/h4-7,9-10H,3,8H2,1-2H3,(H,21,22). The molecule has 2 unspecified atom stereocenters. The maximum Gasteiger partial charge on any atom is 0.416 e. The van der Waals surface area contributed by atoms with E-state index in [0.29, 0.717) is 17.4 Å². The summed E-state index contributed by atoms with van der Waals surface area (Å²) in [5.41, 5.74) is -1.41. The van der Waals surface area contributed by atoms with Crippen LogP contribution in [0.4, 0.5) is 18.9 Å². The van der Waals surface area contributed by atoms with Gasteiger partial charge in [0.05, 0.1) is 17.4 Å². The maximum absolute atomic E-state index is 12.7. The Labute approximate surface area is 136 Å². The molecule has 0 aliphatic rings. The van der Waals surface area contributed by atoms with Gasteiger partial charge < -0.3 is 9.42 Å². The van der Waals surface area contributed by atoms with E-state index in [1.165, 1.54) is 6.92 Å². The average molecular weight is 367 g/mol. The lowest BCUT2D eigenvalue weighted by Crippen LogP contribution is -2.32. The molecular weight excluding hydrogens is 350 g/mol. The van der Waals surface area contributed by atoms with Crippen LogP contribution in [-0.4, -0.2) is 29.5 Å². The molecule has 1 rings (SSSR count). The third kappa shape index (κ3) is 5.74. The van der Waals surface area contributed by atoms with E-state index in [2.05, 4.69) is 0 Å². The molecule has 0 heterocycles. The molecule has 0 fully saturated rings. The molecule has 0 radical (unpaired) electrons. The van der Waals surface area contributed by atoms with Gasteiger partial charge in [-0.05, 0) is 31.5 Å². The molecule has 0 spiro atoms. The molecule has 0 aliphatic carbocycles. The lowest BCUT2D eigenvalue weighted by atomic mass is 10.2. The molecule has 1 aromatic carbocycles. The molecule has 2 amide bonds. The van der Waals surface area contributed by atoms with Crippen LogP contribution in [-0.2, 0) is 24.9 Å². The van der Waals surface area contributed by atoms with Crippen LogP contribution in [0.15, 0.2) is 24.3 Å². The van der Waals surface area contributed by atoms with Gasteiger partial charge in [-0.1, -0.05) is 13.0 Å². The first-order valence-corrected chi connectivity index (χ1v) is 8.71. The fourth-order valence-electron chi connectivity index (χ4n) is 1.74. The highest BCUT2D eigenvalue weighted by Crippen LogP contribution is 2.44. The first-order valence-electron chi connectivity index (χ1n) is 6.95. The smallest absolute Gasteiger partial charge is 0.324 e. The summed E-state index contributed by atoms with van der Waals surface area (Å²) in [7, 11) is -4.33. The number of hydrogen-bond donors (Lipinski definition) is 1. The Balaban J connectivity index is 2.99. The summed E-state index contributed by atoms with van der Waals surface area (Å²) < 4.78 is 54.8. The highest BCUT2D eigenvalue weighted by Gasteiger charge is 2.33. The van der Waals surface area contributed by atoms with Crippen molar-refractivity contribution >= 4 is 25.6 Å². The Hall–Kier alpha value is -1.70. The Kier molecular flexibility index (Phi) is 6.71. The molecule has 0 saturated carbocycles. The van der Waals surface area contributed by atoms with Crippen LogP contribution in [0.3, 0.4) is 0 Å². The minimum atomic E-state index is -4.65. The van der Waals surface area contributed by atoms with Gasteiger partial charge in [0.15, 0.2) is 0 Å². The number of hydrogen-bond acceptors (Lipinski definition) is 4. The van der Waals surface area contributed by atoms with Crippen molar-refractivity contribution < 1.29 is 36.7 Å². The largest absolute Gasteiger partial charge is 0.416 e. The van der Waals surface area contributed by atoms with E-state index in [1.54, 1.807) is 6.92 Å². The molecule has 24 heavy (non-hydrogen) atoms. The molecular formula is C14H17F3NO5P. The van der Waals surface area contributed by atoms with Crippen molar-refractivity contribution in [2.75, 3.05) is 11.1 Å². The molecule has 0 aromatic heterocycles.